The van der Waals surface area contributed by atoms with Crippen molar-refractivity contribution in [3.05, 3.63) is 29.6 Å². The number of aliphatic hydroxyl groups is 1. The van der Waals surface area contributed by atoms with Crippen LogP contribution in [0.5, 0.6) is 0 Å². The van der Waals surface area contributed by atoms with E-state index in [-0.39, 0.29) is 5.82 Å². The summed E-state index contributed by atoms with van der Waals surface area (Å²) < 4.78 is 13.8. The number of benzene rings is 1. The molecule has 0 aliphatic carbocycles. The van der Waals surface area contributed by atoms with Crippen molar-refractivity contribution >= 4 is 5.69 Å². The molecule has 1 saturated heterocycles. The highest BCUT2D eigenvalue weighted by molar-refractivity contribution is 5.56. The molecule has 0 radical (unpaired) electrons. The first-order chi connectivity index (χ1) is 8.50. The lowest BCUT2D eigenvalue weighted by molar-refractivity contribution is 0.194. The van der Waals surface area contributed by atoms with Gasteiger partial charge in [-0.25, -0.2) is 4.39 Å². The molecule has 1 aliphatic rings. The number of anilines is 1. The molecule has 2 rings (SSSR count). The van der Waals surface area contributed by atoms with E-state index in [1.165, 1.54) is 6.07 Å². The van der Waals surface area contributed by atoms with Gasteiger partial charge in [0.1, 0.15) is 5.82 Å². The van der Waals surface area contributed by atoms with E-state index >= 15 is 0 Å². The molecular weight excluding hydrogens is 231 g/mol. The van der Waals surface area contributed by atoms with Crippen molar-refractivity contribution in [3.8, 4) is 0 Å². The molecule has 100 valence electrons. The molecule has 0 amide bonds. The van der Waals surface area contributed by atoms with Crippen LogP contribution in [-0.4, -0.2) is 43.2 Å². The summed E-state index contributed by atoms with van der Waals surface area (Å²) in [6.45, 7) is 3.41. The Morgan fingerprint density at radius 2 is 2.17 bits per heavy atom. The molecule has 2 unspecified atom stereocenters. The zero-order valence-electron chi connectivity index (χ0n) is 11.2. The summed E-state index contributed by atoms with van der Waals surface area (Å²) >= 11 is 0. The first-order valence-corrected chi connectivity index (χ1v) is 6.38. The van der Waals surface area contributed by atoms with Crippen LogP contribution < -0.4 is 4.90 Å². The molecule has 18 heavy (non-hydrogen) atoms. The first kappa shape index (κ1) is 13.3. The highest BCUT2D eigenvalue weighted by Crippen LogP contribution is 2.31. The molecule has 1 heterocycles. The van der Waals surface area contributed by atoms with E-state index in [2.05, 4.69) is 23.9 Å². The van der Waals surface area contributed by atoms with Crippen LogP contribution >= 0.6 is 0 Å². The number of rotatable bonds is 3. The van der Waals surface area contributed by atoms with E-state index in [1.807, 2.05) is 6.07 Å². The van der Waals surface area contributed by atoms with Crippen molar-refractivity contribution < 1.29 is 9.50 Å². The van der Waals surface area contributed by atoms with Gasteiger partial charge in [0.15, 0.2) is 0 Å². The van der Waals surface area contributed by atoms with Crippen LogP contribution in [0.25, 0.3) is 0 Å². The van der Waals surface area contributed by atoms with Crippen LogP contribution in [0, 0.1) is 5.82 Å². The van der Waals surface area contributed by atoms with Gasteiger partial charge in [-0.2, -0.15) is 0 Å². The number of likely N-dealkylation sites (N-methyl/N-ethyl adjacent to an activating group) is 1. The third-order valence-electron chi connectivity index (χ3n) is 3.68. The second kappa shape index (κ2) is 5.24. The Hall–Kier alpha value is -1.13. The predicted molar refractivity (Wildman–Crippen MR) is 71.3 cm³/mol. The van der Waals surface area contributed by atoms with E-state index in [1.54, 1.807) is 13.0 Å². The maximum absolute atomic E-state index is 13.8. The fourth-order valence-corrected chi connectivity index (χ4v) is 2.60. The Kier molecular flexibility index (Phi) is 3.88. The van der Waals surface area contributed by atoms with Gasteiger partial charge in [0.2, 0.25) is 0 Å². The summed E-state index contributed by atoms with van der Waals surface area (Å²) in [4.78, 5) is 4.36. The van der Waals surface area contributed by atoms with E-state index in [0.29, 0.717) is 11.6 Å². The molecule has 1 fully saturated rings. The maximum Gasteiger partial charge on any atom is 0.131 e. The van der Waals surface area contributed by atoms with Gasteiger partial charge >= 0.3 is 0 Å². The zero-order chi connectivity index (χ0) is 13.3. The minimum absolute atomic E-state index is 0.323. The van der Waals surface area contributed by atoms with Crippen LogP contribution in [0.3, 0.4) is 0 Å². The average Bonchev–Trinajstić information content (AvgIpc) is 2.77. The van der Waals surface area contributed by atoms with Crippen LogP contribution in [0.15, 0.2) is 18.2 Å². The first-order valence-electron chi connectivity index (χ1n) is 6.38. The van der Waals surface area contributed by atoms with Gasteiger partial charge in [-0.1, -0.05) is 6.07 Å². The largest absolute Gasteiger partial charge is 0.389 e. The number of aliphatic hydroxyl groups excluding tert-OH is 1. The lowest BCUT2D eigenvalue weighted by Gasteiger charge is -2.25. The minimum atomic E-state index is -0.778. The standard InChI is InChI=1S/C14H21FN2O/c1-10(18)14-12(15)5-4-6-13(14)17-8-7-11(9-17)16(2)3/h4-6,10-11,18H,7-9H2,1-3H3. The molecule has 1 N–H and O–H groups in total. The zero-order valence-corrected chi connectivity index (χ0v) is 11.2. The Labute approximate surface area is 108 Å². The molecule has 2 atom stereocenters. The lowest BCUT2D eigenvalue weighted by Crippen LogP contribution is -2.31. The van der Waals surface area contributed by atoms with Gasteiger partial charge in [-0.05, 0) is 39.6 Å². The van der Waals surface area contributed by atoms with Gasteiger partial charge in [0, 0.05) is 30.4 Å². The molecule has 1 aliphatic heterocycles. The molecule has 0 bridgehead atoms. The van der Waals surface area contributed by atoms with Crippen molar-refractivity contribution in [2.75, 3.05) is 32.1 Å². The van der Waals surface area contributed by atoms with Crippen molar-refractivity contribution in [2.24, 2.45) is 0 Å². The molecule has 4 heteroatoms. The third-order valence-corrected chi connectivity index (χ3v) is 3.68. The quantitative estimate of drug-likeness (QED) is 0.891. The van der Waals surface area contributed by atoms with Gasteiger partial charge < -0.3 is 14.9 Å². The summed E-state index contributed by atoms with van der Waals surface area (Å²) in [6, 6.07) is 5.50. The monoisotopic (exact) mass is 252 g/mol. The summed E-state index contributed by atoms with van der Waals surface area (Å²) in [5.74, 6) is -0.323. The predicted octanol–water partition coefficient (Wildman–Crippen LogP) is 2.02. The summed E-state index contributed by atoms with van der Waals surface area (Å²) in [6.07, 6.45) is 0.294. The molecule has 1 aromatic rings. The van der Waals surface area contributed by atoms with Crippen molar-refractivity contribution in [2.45, 2.75) is 25.5 Å². The van der Waals surface area contributed by atoms with Crippen LogP contribution in [0.2, 0.25) is 0 Å². The van der Waals surface area contributed by atoms with Crippen molar-refractivity contribution in [3.63, 3.8) is 0 Å². The number of halogens is 1. The van der Waals surface area contributed by atoms with E-state index in [4.69, 9.17) is 0 Å². The lowest BCUT2D eigenvalue weighted by atomic mass is 10.1. The summed E-state index contributed by atoms with van der Waals surface area (Å²) in [5, 5.41) is 9.74. The Bertz CT molecular complexity index is 420. The summed E-state index contributed by atoms with van der Waals surface area (Å²) in [7, 11) is 4.13. The number of hydrogen-bond donors (Lipinski definition) is 1. The summed E-state index contributed by atoms with van der Waals surface area (Å²) in [5.41, 5.74) is 1.24. The molecule has 3 nitrogen and oxygen atoms in total. The van der Waals surface area contributed by atoms with Gasteiger partial charge in [-0.15, -0.1) is 0 Å². The Balaban J connectivity index is 2.27. The van der Waals surface area contributed by atoms with Gasteiger partial charge in [-0.3, -0.25) is 0 Å². The minimum Gasteiger partial charge on any atom is -0.389 e. The fraction of sp³-hybridized carbons (Fsp3) is 0.571. The molecule has 0 spiro atoms. The smallest absolute Gasteiger partial charge is 0.131 e. The third kappa shape index (κ3) is 2.49. The van der Waals surface area contributed by atoms with Gasteiger partial charge in [0.05, 0.1) is 6.10 Å². The molecular formula is C14H21FN2O. The SMILES string of the molecule is CC(O)c1c(F)cccc1N1CCC(N(C)C)C1. The fourth-order valence-electron chi connectivity index (χ4n) is 2.60. The second-order valence-corrected chi connectivity index (χ2v) is 5.20. The average molecular weight is 252 g/mol. The van der Waals surface area contributed by atoms with E-state index < -0.39 is 6.10 Å². The molecule has 0 aromatic heterocycles. The van der Waals surface area contributed by atoms with E-state index in [0.717, 1.165) is 25.2 Å². The van der Waals surface area contributed by atoms with Crippen molar-refractivity contribution in [1.82, 2.24) is 4.90 Å². The van der Waals surface area contributed by atoms with Gasteiger partial charge in [0.25, 0.3) is 0 Å². The van der Waals surface area contributed by atoms with Crippen LogP contribution in [-0.2, 0) is 0 Å². The topological polar surface area (TPSA) is 26.7 Å². The maximum atomic E-state index is 13.8. The Morgan fingerprint density at radius 1 is 1.44 bits per heavy atom. The van der Waals surface area contributed by atoms with Crippen LogP contribution in [0.1, 0.15) is 25.0 Å². The highest BCUT2D eigenvalue weighted by atomic mass is 19.1. The van der Waals surface area contributed by atoms with Crippen molar-refractivity contribution in [1.29, 1.82) is 0 Å². The number of hydrogen-bond acceptors (Lipinski definition) is 3. The molecule has 0 saturated carbocycles. The highest BCUT2D eigenvalue weighted by Gasteiger charge is 2.27. The molecule has 1 aromatic carbocycles. The second-order valence-electron chi connectivity index (χ2n) is 5.20. The van der Waals surface area contributed by atoms with E-state index in [9.17, 15) is 9.50 Å². The Morgan fingerprint density at radius 3 is 2.72 bits per heavy atom. The normalized spacial score (nSPS) is 21.7. The van der Waals surface area contributed by atoms with Crippen LogP contribution in [0.4, 0.5) is 10.1 Å². The number of nitrogens with zero attached hydrogens (tertiary/aromatic N) is 2.